The molecule has 0 rings (SSSR count). The molecular weight excluding hydrogens is 546 g/mol. The molecule has 0 radical (unpaired) electrons. The van der Waals surface area contributed by atoms with E-state index in [9.17, 15) is 0 Å². The molecular formula is H18Cl4CoCsN6O8. The Hall–Kier alpha value is 3.16. The van der Waals surface area contributed by atoms with E-state index in [0.717, 1.165) is 0 Å². The first-order chi connectivity index (χ1) is 14.4. The summed E-state index contributed by atoms with van der Waals surface area (Å²) in [6.45, 7) is 0. The smallest absolute Gasteiger partial charge is 1.00 e. The van der Waals surface area contributed by atoms with Gasteiger partial charge in [0.25, 0.3) is 0 Å². The van der Waals surface area contributed by atoms with Crippen LogP contribution in [0, 0.1) is 20.5 Å². The van der Waals surface area contributed by atoms with Crippen LogP contribution < -0.4 is 168 Å². The molecule has 0 atom stereocenters. The zero-order chi connectivity index (χ0) is 30.5. The van der Waals surface area contributed by atoms with Crippen LogP contribution in [0.1, 0.15) is 0 Å². The maximum atomic E-state index is 8.49. The minimum Gasteiger partial charge on any atom is -1.00 e. The monoisotopic (exact) mass is 580 g/mol. The quantitative estimate of drug-likeness (QED) is 0.154. The van der Waals surface area contributed by atoms with Crippen molar-refractivity contribution in [1.82, 2.24) is 36.8 Å². The molecule has 14 nitrogen and oxygen atoms in total. The zero-order valence-electron chi connectivity index (χ0n) is 26.8. The van der Waals surface area contributed by atoms with Gasteiger partial charge in [-0.05, 0) is 0 Å². The van der Waals surface area contributed by atoms with Gasteiger partial charge in [0, 0.05) is 0 Å². The van der Waals surface area contributed by atoms with Crippen LogP contribution in [-0.2, 0) is 16.8 Å². The van der Waals surface area contributed by atoms with E-state index in [0.29, 0.717) is 0 Å². The normalized spacial score (nSPS) is 17.7. The Labute approximate surface area is 228 Å². The van der Waals surface area contributed by atoms with Crippen molar-refractivity contribution in [3.63, 3.8) is 0 Å². The van der Waals surface area contributed by atoms with Gasteiger partial charge in [0.2, 0.25) is 0 Å². The Morgan fingerprint density at radius 3 is 0.550 bits per heavy atom. The van der Waals surface area contributed by atoms with Crippen molar-refractivity contribution in [2.24, 2.45) is 0 Å². The summed E-state index contributed by atoms with van der Waals surface area (Å²) in [7, 11) is -9.89. The SMILES string of the molecule is [2H]N([2H])[2H].[2H]N([2H])[2H].[2H]N([2H])[2H].[2H]N([2H])[2H].[2H]N([2H])[2H].[2H]N([2H])[2H].[Cl-].[Cl-].[Co+3].[Cs+].[O-][Cl+3]([O-])([O-])[O-].[O-][Cl+3]([O-])([O-])[O-]. The Bertz CT molecular complexity index is 253. The zero-order valence-corrected chi connectivity index (χ0v) is 19.1. The molecule has 0 saturated heterocycles. The number of hydrogen-bond donors (Lipinski definition) is 6. The molecule has 0 unspecified atom stereocenters. The van der Waals surface area contributed by atoms with Crippen molar-refractivity contribution >= 4 is 0 Å². The largest absolute Gasteiger partial charge is 3.00 e. The second kappa shape index (κ2) is 43.2. The van der Waals surface area contributed by atoms with E-state index in [4.69, 9.17) is 62.7 Å². The fourth-order valence-corrected chi connectivity index (χ4v) is 0. The van der Waals surface area contributed by atoms with Gasteiger partial charge in [-0.15, -0.1) is 20.5 Å². The van der Waals surface area contributed by atoms with Crippen molar-refractivity contribution in [2.45, 2.75) is 0 Å². The average Bonchev–Trinajstić information content (AvgIpc) is 2.27. The van der Waals surface area contributed by atoms with E-state index >= 15 is 0 Å². The molecule has 0 aliphatic heterocycles. The molecule has 20 heteroatoms. The van der Waals surface area contributed by atoms with Crippen molar-refractivity contribution in [3.05, 3.63) is 0 Å². The van der Waals surface area contributed by atoms with Gasteiger partial charge in [-0.2, -0.15) is 0 Å². The van der Waals surface area contributed by atoms with Crippen molar-refractivity contribution in [3.8, 4) is 0 Å². The van der Waals surface area contributed by atoms with Crippen LogP contribution in [0.15, 0.2) is 0 Å². The fraction of sp³-hybridized carbons (Fsp3) is 0. The summed E-state index contributed by atoms with van der Waals surface area (Å²) >= 11 is 0. The van der Waals surface area contributed by atoms with Gasteiger partial charge in [-0.1, -0.05) is 0 Å². The summed E-state index contributed by atoms with van der Waals surface area (Å²) in [6.07, 6.45) is -1.50. The molecule has 0 fully saturated rings. The second-order valence-electron chi connectivity index (χ2n) is 0.756. The molecule has 0 aliphatic carbocycles. The van der Waals surface area contributed by atoms with E-state index in [1.165, 1.54) is 0 Å². The molecule has 18 N–H and O–H groups in total. The second-order valence-corrected chi connectivity index (χ2v) is 2.27. The van der Waals surface area contributed by atoms with Crippen LogP contribution in [-0.4, -0.2) is 0 Å². The maximum absolute atomic E-state index is 8.49. The van der Waals surface area contributed by atoms with Crippen LogP contribution in [0.2, 0.25) is 25.4 Å². The average molecular weight is 582 g/mol. The van der Waals surface area contributed by atoms with E-state index in [2.05, 4.69) is 0 Å². The molecule has 0 aliphatic rings. The third-order valence-electron chi connectivity index (χ3n) is 0. The molecule has 0 heterocycles. The van der Waals surface area contributed by atoms with Crippen molar-refractivity contribution < 1.29 is 194 Å². The molecule has 20 heavy (non-hydrogen) atoms. The summed E-state index contributed by atoms with van der Waals surface area (Å²) in [6, 6.07) is 0. The van der Waals surface area contributed by atoms with Gasteiger partial charge in [0.05, 0.1) is 0 Å². The van der Waals surface area contributed by atoms with Crippen molar-refractivity contribution in [1.29, 1.82) is 0 Å². The van der Waals surface area contributed by atoms with Gasteiger partial charge < -0.3 is 61.6 Å². The van der Waals surface area contributed by atoms with E-state index < -0.39 is 20.5 Å². The van der Waals surface area contributed by atoms with Crippen LogP contribution in [0.3, 0.4) is 0 Å². The standard InChI is InChI=1S/2ClHO4.2ClH.Co.Cs.6H3N/c2*2-1(3,4)5;;;;;;;;;;/h2*(H,2,3,4,5);2*1H;;;6*1H3/q;;;;+3;+1;;;;;;/p-4/i/hD18. The third-order valence-corrected chi connectivity index (χ3v) is 0. The number of halogens is 4. The Balaban J connectivity index is -0.0000000201. The van der Waals surface area contributed by atoms with Gasteiger partial charge >= 0.3 is 85.7 Å². The van der Waals surface area contributed by atoms with E-state index in [1.807, 2.05) is 0 Å². The van der Waals surface area contributed by atoms with Gasteiger partial charge in [0.1, 0.15) is 25.4 Å². The molecule has 134 valence electrons. The summed E-state index contributed by atoms with van der Waals surface area (Å²) in [4.78, 5) is 0. The molecule has 0 bridgehead atoms. The summed E-state index contributed by atoms with van der Waals surface area (Å²) in [5.41, 5.74) is 0. The first-order valence-corrected chi connectivity index (χ1v) is 3.70. The number of rotatable bonds is 0. The molecule has 0 aromatic carbocycles. The van der Waals surface area contributed by atoms with E-state index in [-0.39, 0.29) is 147 Å². The van der Waals surface area contributed by atoms with Gasteiger partial charge in [-0.25, -0.2) is 37.3 Å². The van der Waals surface area contributed by atoms with Crippen LogP contribution >= 0.6 is 0 Å². The minimum atomic E-state index is -4.94. The Morgan fingerprint density at radius 1 is 0.550 bits per heavy atom. The Morgan fingerprint density at radius 2 is 0.550 bits per heavy atom. The van der Waals surface area contributed by atoms with Crippen LogP contribution in [0.5, 0.6) is 0 Å². The molecule has 0 spiro atoms. The fourth-order valence-electron chi connectivity index (χ4n) is 0. The molecule has 0 aromatic heterocycles. The molecule has 0 amide bonds. The molecule has 0 saturated carbocycles. The predicted octanol–water partition coefficient (Wildman–Crippen LogP) is -17.5. The van der Waals surface area contributed by atoms with Gasteiger partial charge in [-0.3, -0.25) is 0 Å². The van der Waals surface area contributed by atoms with E-state index in [1.54, 1.807) is 0 Å². The maximum Gasteiger partial charge on any atom is 3.00 e. The summed E-state index contributed by atoms with van der Waals surface area (Å²) in [5, 5.41) is 0. The first kappa shape index (κ1) is 13.4. The minimum absolute atomic E-state index is 0. The first-order valence-electron chi connectivity index (χ1n) is 9.28. The molecule has 0 aromatic rings. The summed E-state index contributed by atoms with van der Waals surface area (Å²) in [5.74, 6) is 0. The number of hydrogen-bond acceptors (Lipinski definition) is 14. The van der Waals surface area contributed by atoms with Crippen LogP contribution in [0.25, 0.3) is 0 Å². The summed E-state index contributed by atoms with van der Waals surface area (Å²) < 4.78 is 171. The predicted molar refractivity (Wildman–Crippen MR) is 30.1 cm³/mol. The third kappa shape index (κ3) is 862. The Kier molecular flexibility index (Phi) is 28.9. The van der Waals surface area contributed by atoms with Crippen LogP contribution in [0.4, 0.5) is 0 Å². The van der Waals surface area contributed by atoms with Gasteiger partial charge in [0.15, 0.2) is 0 Å². The van der Waals surface area contributed by atoms with Crippen molar-refractivity contribution in [2.75, 3.05) is 0 Å². The topological polar surface area (TPSA) is 394 Å².